The Morgan fingerprint density at radius 2 is 1.14 bits per heavy atom. The van der Waals surface area contributed by atoms with Crippen molar-refractivity contribution in [3.05, 3.63) is 87.7 Å². The van der Waals surface area contributed by atoms with E-state index in [1.54, 1.807) is 12.1 Å². The van der Waals surface area contributed by atoms with Crippen LogP contribution in [0.2, 0.25) is 0 Å². The molecule has 0 aliphatic carbocycles. The fourth-order valence-corrected chi connectivity index (χ4v) is 5.82. The molecule has 172 valence electrons. The molecule has 2 amide bonds. The van der Waals surface area contributed by atoms with Gasteiger partial charge in [0.05, 0.1) is 5.69 Å². The van der Waals surface area contributed by atoms with E-state index in [9.17, 15) is 9.59 Å². The van der Waals surface area contributed by atoms with Gasteiger partial charge >= 0.3 is 0 Å². The van der Waals surface area contributed by atoms with Gasteiger partial charge in [-0.3, -0.25) is 9.59 Å². The van der Waals surface area contributed by atoms with Crippen molar-refractivity contribution in [2.75, 3.05) is 4.90 Å². The second-order valence-electron chi connectivity index (χ2n) is 8.05. The first-order valence-corrected chi connectivity index (χ1v) is 12.4. The van der Waals surface area contributed by atoms with E-state index in [0.717, 1.165) is 34.7 Å². The largest absolute Gasteiger partial charge is 0.431 e. The maximum atomic E-state index is 13.6. The van der Waals surface area contributed by atoms with Crippen molar-refractivity contribution in [2.45, 2.75) is 24.3 Å². The summed E-state index contributed by atoms with van der Waals surface area (Å²) in [4.78, 5) is 37.8. The van der Waals surface area contributed by atoms with E-state index in [0.29, 0.717) is 27.9 Å². The number of benzene rings is 3. The third kappa shape index (κ3) is 3.92. The molecule has 0 saturated heterocycles. The lowest BCUT2D eigenvalue weighted by Crippen LogP contribution is -2.31. The number of fused-ring (bicyclic) bond motifs is 2. The summed E-state index contributed by atoms with van der Waals surface area (Å²) in [7, 11) is 0. The molecule has 0 atom stereocenters. The Hall–Kier alpha value is -3.82. The Morgan fingerprint density at radius 1 is 0.686 bits per heavy atom. The monoisotopic (exact) mass is 499 g/mol. The number of thioether (sulfide) groups is 2. The summed E-state index contributed by atoms with van der Waals surface area (Å²) in [5.41, 5.74) is 4.97. The molecule has 3 aromatic carbocycles. The molecule has 0 fully saturated rings. The number of anilines is 1. The van der Waals surface area contributed by atoms with Gasteiger partial charge in [0.1, 0.15) is 20.8 Å². The number of nitrogens with zero attached hydrogens (tertiary/aromatic N) is 3. The lowest BCUT2D eigenvalue weighted by molar-refractivity contribution is -0.120. The first-order valence-electron chi connectivity index (χ1n) is 10.7. The summed E-state index contributed by atoms with van der Waals surface area (Å²) in [6.07, 6.45) is 0. The Bertz CT molecular complexity index is 1500. The molecule has 0 spiro atoms. The van der Waals surface area contributed by atoms with E-state index in [1.165, 1.54) is 4.90 Å². The molecule has 1 aliphatic heterocycles. The van der Waals surface area contributed by atoms with Crippen molar-refractivity contribution < 1.29 is 18.4 Å². The summed E-state index contributed by atoms with van der Waals surface area (Å²) in [5, 5.41) is 0.556. The zero-order valence-electron chi connectivity index (χ0n) is 18.6. The van der Waals surface area contributed by atoms with Crippen LogP contribution >= 0.6 is 23.5 Å². The van der Waals surface area contributed by atoms with Crippen LogP contribution in [0.15, 0.2) is 95.8 Å². The molecule has 0 radical (unpaired) electrons. The van der Waals surface area contributed by atoms with Crippen LogP contribution in [0.5, 0.6) is 0 Å². The standard InChI is InChI=1S/C26H17N3O4S2/c1-14-11-15(2)13-16(12-14)29-23(30)21(34-25-27-17-7-3-5-9-19(17)32-25)22(24(29)31)35-26-28-18-8-4-6-10-20(18)33-26/h3-13H,1-2H3. The number of hydrogen-bond acceptors (Lipinski definition) is 8. The fraction of sp³-hybridized carbons (Fsp3) is 0.0769. The highest BCUT2D eigenvalue weighted by atomic mass is 32.2. The summed E-state index contributed by atoms with van der Waals surface area (Å²) in [5.74, 6) is -0.878. The maximum absolute atomic E-state index is 13.6. The van der Waals surface area contributed by atoms with Gasteiger partial charge in [0.2, 0.25) is 0 Å². The van der Waals surface area contributed by atoms with Gasteiger partial charge in [0, 0.05) is 0 Å². The van der Waals surface area contributed by atoms with Crippen molar-refractivity contribution in [1.29, 1.82) is 0 Å². The zero-order chi connectivity index (χ0) is 24.1. The minimum absolute atomic E-state index is 0.216. The number of aryl methyl sites for hydroxylation is 2. The number of hydrogen-bond donors (Lipinski definition) is 0. The van der Waals surface area contributed by atoms with E-state index in [4.69, 9.17) is 8.83 Å². The van der Waals surface area contributed by atoms with Crippen LogP contribution in [0.4, 0.5) is 5.69 Å². The highest BCUT2D eigenvalue weighted by Crippen LogP contribution is 2.44. The van der Waals surface area contributed by atoms with Gasteiger partial charge in [-0.05, 0) is 84.9 Å². The molecule has 7 nitrogen and oxygen atoms in total. The number of imide groups is 1. The number of amides is 2. The van der Waals surface area contributed by atoms with Crippen LogP contribution in [0.3, 0.4) is 0 Å². The Morgan fingerprint density at radius 3 is 1.60 bits per heavy atom. The average molecular weight is 500 g/mol. The number of aromatic nitrogens is 2. The number of rotatable bonds is 5. The summed E-state index contributed by atoms with van der Waals surface area (Å²) >= 11 is 2.06. The van der Waals surface area contributed by atoms with Gasteiger partial charge in [-0.1, -0.05) is 30.3 Å². The van der Waals surface area contributed by atoms with E-state index < -0.39 is 11.8 Å². The quantitative estimate of drug-likeness (QED) is 0.262. The molecule has 3 heterocycles. The second kappa shape index (κ2) is 8.44. The molecule has 5 aromatic rings. The minimum Gasteiger partial charge on any atom is -0.431 e. The highest BCUT2D eigenvalue weighted by molar-refractivity contribution is 8.08. The van der Waals surface area contributed by atoms with E-state index in [-0.39, 0.29) is 20.3 Å². The summed E-state index contributed by atoms with van der Waals surface area (Å²) < 4.78 is 11.7. The molecular formula is C26H17N3O4S2. The van der Waals surface area contributed by atoms with Crippen molar-refractivity contribution in [1.82, 2.24) is 9.97 Å². The molecule has 1 aliphatic rings. The molecule has 0 saturated carbocycles. The van der Waals surface area contributed by atoms with Crippen molar-refractivity contribution in [2.24, 2.45) is 0 Å². The average Bonchev–Trinajstić information content (AvgIpc) is 3.48. The van der Waals surface area contributed by atoms with Crippen molar-refractivity contribution in [3.8, 4) is 0 Å². The van der Waals surface area contributed by atoms with Crippen LogP contribution < -0.4 is 4.90 Å². The molecule has 2 aromatic heterocycles. The van der Waals surface area contributed by atoms with Gasteiger partial charge < -0.3 is 8.83 Å². The van der Waals surface area contributed by atoms with Crippen LogP contribution in [-0.2, 0) is 9.59 Å². The molecule has 0 unspecified atom stereocenters. The molecule has 35 heavy (non-hydrogen) atoms. The molecule has 0 N–H and O–H groups in total. The number of carbonyl (C=O) groups excluding carboxylic acids is 2. The van der Waals surface area contributed by atoms with Gasteiger partial charge in [-0.2, -0.15) is 0 Å². The third-order valence-corrected chi connectivity index (χ3v) is 7.39. The third-order valence-electron chi connectivity index (χ3n) is 5.39. The Kier molecular flexibility index (Phi) is 5.23. The Labute approximate surface area is 208 Å². The van der Waals surface area contributed by atoms with Crippen LogP contribution in [-0.4, -0.2) is 21.8 Å². The number of para-hydroxylation sites is 4. The SMILES string of the molecule is Cc1cc(C)cc(N2C(=O)C(Sc3nc4ccccc4o3)=C(Sc3nc4ccccc4o3)C2=O)c1. The first kappa shape index (κ1) is 21.7. The summed E-state index contributed by atoms with van der Waals surface area (Å²) in [6.45, 7) is 3.86. The van der Waals surface area contributed by atoms with E-state index >= 15 is 0 Å². The number of oxazole rings is 2. The normalized spacial score (nSPS) is 14.2. The smallest absolute Gasteiger partial charge is 0.273 e. The predicted octanol–water partition coefficient (Wildman–Crippen LogP) is 6.26. The van der Waals surface area contributed by atoms with E-state index in [2.05, 4.69) is 9.97 Å². The minimum atomic E-state index is -0.439. The predicted molar refractivity (Wildman–Crippen MR) is 135 cm³/mol. The van der Waals surface area contributed by atoms with Gasteiger partial charge in [0.15, 0.2) is 11.2 Å². The first-order chi connectivity index (χ1) is 17.0. The Balaban J connectivity index is 1.43. The fourth-order valence-electron chi connectivity index (χ4n) is 3.95. The highest BCUT2D eigenvalue weighted by Gasteiger charge is 2.42. The molecule has 6 rings (SSSR count). The second-order valence-corrected chi connectivity index (χ2v) is 9.97. The zero-order valence-corrected chi connectivity index (χ0v) is 20.3. The van der Waals surface area contributed by atoms with Crippen molar-refractivity contribution in [3.63, 3.8) is 0 Å². The van der Waals surface area contributed by atoms with E-state index in [1.807, 2.05) is 68.4 Å². The van der Waals surface area contributed by atoms with Gasteiger partial charge in [-0.15, -0.1) is 0 Å². The molecule has 9 heteroatoms. The molecule has 0 bridgehead atoms. The topological polar surface area (TPSA) is 89.4 Å². The lowest BCUT2D eigenvalue weighted by Gasteiger charge is -2.16. The van der Waals surface area contributed by atoms with Crippen LogP contribution in [0.1, 0.15) is 11.1 Å². The van der Waals surface area contributed by atoms with Crippen LogP contribution in [0, 0.1) is 13.8 Å². The molecular weight excluding hydrogens is 482 g/mol. The van der Waals surface area contributed by atoms with Crippen LogP contribution in [0.25, 0.3) is 22.2 Å². The summed E-state index contributed by atoms with van der Waals surface area (Å²) in [6, 6.07) is 20.3. The van der Waals surface area contributed by atoms with Gasteiger partial charge in [-0.25, -0.2) is 14.9 Å². The maximum Gasteiger partial charge on any atom is 0.273 e. The number of carbonyl (C=O) groups is 2. The lowest BCUT2D eigenvalue weighted by atomic mass is 10.1. The van der Waals surface area contributed by atoms with Crippen molar-refractivity contribution >= 4 is 63.2 Å². The van der Waals surface area contributed by atoms with Gasteiger partial charge in [0.25, 0.3) is 22.3 Å².